The number of rotatable bonds is 13. The molecule has 43 heavy (non-hydrogen) atoms. The van der Waals surface area contributed by atoms with Crippen molar-refractivity contribution in [3.63, 3.8) is 0 Å². The zero-order chi connectivity index (χ0) is 30.8. The van der Waals surface area contributed by atoms with Gasteiger partial charge in [0, 0.05) is 19.5 Å². The van der Waals surface area contributed by atoms with Crippen molar-refractivity contribution >= 4 is 27.5 Å². The molecule has 0 aliphatic rings. The number of hydrogen-bond acceptors (Lipinski definition) is 4. The molecule has 0 saturated carbocycles. The minimum absolute atomic E-state index is 0.0245. The van der Waals surface area contributed by atoms with Gasteiger partial charge >= 0.3 is 0 Å². The number of anilines is 1. The predicted octanol–water partition coefficient (Wildman–Crippen LogP) is 5.50. The quantitative estimate of drug-likeness (QED) is 0.219. The zero-order valence-electron chi connectivity index (χ0n) is 24.3. The first-order chi connectivity index (χ1) is 20.7. The lowest BCUT2D eigenvalue weighted by Crippen LogP contribution is -2.53. The molecule has 0 radical (unpaired) electrons. The second-order valence-corrected chi connectivity index (χ2v) is 12.2. The van der Waals surface area contributed by atoms with Crippen LogP contribution in [0.25, 0.3) is 0 Å². The number of aryl methyl sites for hydroxylation is 1. The molecule has 0 aromatic heterocycles. The summed E-state index contributed by atoms with van der Waals surface area (Å²) in [5.41, 5.74) is 2.69. The topological polar surface area (TPSA) is 86.8 Å². The van der Waals surface area contributed by atoms with E-state index >= 15 is 0 Å². The van der Waals surface area contributed by atoms with Gasteiger partial charge in [-0.15, -0.1) is 0 Å². The first-order valence-electron chi connectivity index (χ1n) is 14.2. The van der Waals surface area contributed by atoms with E-state index in [0.29, 0.717) is 24.2 Å². The van der Waals surface area contributed by atoms with E-state index in [1.807, 2.05) is 44.2 Å². The minimum atomic E-state index is -4.16. The molecule has 0 spiro atoms. The normalized spacial score (nSPS) is 11.9. The Labute approximate surface area is 253 Å². The van der Waals surface area contributed by atoms with E-state index in [9.17, 15) is 22.4 Å². The second-order valence-electron chi connectivity index (χ2n) is 10.3. The molecule has 9 heteroatoms. The van der Waals surface area contributed by atoms with Crippen LogP contribution in [0.15, 0.2) is 114 Å². The third-order valence-electron chi connectivity index (χ3n) is 7.02. The van der Waals surface area contributed by atoms with E-state index in [2.05, 4.69) is 5.32 Å². The van der Waals surface area contributed by atoms with Gasteiger partial charge in [0.1, 0.15) is 18.4 Å². The Hall–Kier alpha value is -4.50. The summed E-state index contributed by atoms with van der Waals surface area (Å²) < 4.78 is 42.7. The van der Waals surface area contributed by atoms with Crippen LogP contribution < -0.4 is 9.62 Å². The molecule has 4 aromatic carbocycles. The summed E-state index contributed by atoms with van der Waals surface area (Å²) in [6, 6.07) is 28.8. The average molecular weight is 602 g/mol. The van der Waals surface area contributed by atoms with Crippen molar-refractivity contribution in [2.45, 2.75) is 44.2 Å². The number of sulfonamides is 1. The second kappa shape index (κ2) is 14.6. The van der Waals surface area contributed by atoms with E-state index in [-0.39, 0.29) is 23.8 Å². The fourth-order valence-corrected chi connectivity index (χ4v) is 6.10. The fourth-order valence-electron chi connectivity index (χ4n) is 4.67. The Bertz CT molecular complexity index is 1600. The van der Waals surface area contributed by atoms with Gasteiger partial charge in [-0.1, -0.05) is 85.3 Å². The van der Waals surface area contributed by atoms with Gasteiger partial charge in [-0.25, -0.2) is 12.8 Å². The molecule has 224 valence electrons. The predicted molar refractivity (Wildman–Crippen MR) is 166 cm³/mol. The maximum atomic E-state index is 14.3. The van der Waals surface area contributed by atoms with E-state index in [4.69, 9.17) is 0 Å². The van der Waals surface area contributed by atoms with Crippen LogP contribution in [0.3, 0.4) is 0 Å². The monoisotopic (exact) mass is 601 g/mol. The lowest BCUT2D eigenvalue weighted by Gasteiger charge is -2.34. The molecule has 0 aliphatic carbocycles. The standard InChI is InChI=1S/C34H36FN3O4S/c1-3-22-36-34(40)32(23-27-10-6-4-7-11-27)37(24-28-16-18-29(35)19-17-28)33(39)25-38(30-20-14-26(2)15-21-30)43(41,42)31-12-8-5-9-13-31/h4-21,32H,3,22-25H2,1-2H3,(H,36,40)/t32-/m0/s1. The molecule has 1 atom stereocenters. The van der Waals surface area contributed by atoms with Gasteiger partial charge in [0.25, 0.3) is 10.0 Å². The molecule has 1 N–H and O–H groups in total. The highest BCUT2D eigenvalue weighted by molar-refractivity contribution is 7.92. The largest absolute Gasteiger partial charge is 0.354 e. The van der Waals surface area contributed by atoms with Crippen molar-refractivity contribution in [1.82, 2.24) is 10.2 Å². The Morgan fingerprint density at radius 2 is 1.42 bits per heavy atom. The number of benzene rings is 4. The first-order valence-corrected chi connectivity index (χ1v) is 15.6. The van der Waals surface area contributed by atoms with Gasteiger partial charge in [0.05, 0.1) is 10.6 Å². The third-order valence-corrected chi connectivity index (χ3v) is 8.81. The molecular weight excluding hydrogens is 565 g/mol. The number of nitrogens with zero attached hydrogens (tertiary/aromatic N) is 2. The third kappa shape index (κ3) is 8.29. The number of nitrogens with one attached hydrogen (secondary N) is 1. The number of carbonyl (C=O) groups excluding carboxylic acids is 2. The molecular formula is C34H36FN3O4S. The van der Waals surface area contributed by atoms with Crippen LogP contribution >= 0.6 is 0 Å². The Morgan fingerprint density at radius 3 is 2.02 bits per heavy atom. The highest BCUT2D eigenvalue weighted by Gasteiger charge is 2.34. The smallest absolute Gasteiger partial charge is 0.264 e. The van der Waals surface area contributed by atoms with Crippen LogP contribution in [-0.4, -0.2) is 44.3 Å². The van der Waals surface area contributed by atoms with Crippen molar-refractivity contribution in [1.29, 1.82) is 0 Å². The molecule has 0 heterocycles. The van der Waals surface area contributed by atoms with E-state index < -0.39 is 34.3 Å². The van der Waals surface area contributed by atoms with E-state index in [1.165, 1.54) is 29.2 Å². The lowest BCUT2D eigenvalue weighted by molar-refractivity contribution is -0.140. The van der Waals surface area contributed by atoms with Crippen LogP contribution in [0.4, 0.5) is 10.1 Å². The molecule has 0 aliphatic heterocycles. The maximum Gasteiger partial charge on any atom is 0.264 e. The summed E-state index contributed by atoms with van der Waals surface area (Å²) in [5.74, 6) is -1.35. The molecule has 0 bridgehead atoms. The molecule has 2 amide bonds. The number of hydrogen-bond donors (Lipinski definition) is 1. The SMILES string of the molecule is CCCNC(=O)[C@H](Cc1ccccc1)N(Cc1ccc(F)cc1)C(=O)CN(c1ccc(C)cc1)S(=O)(=O)c1ccccc1. The highest BCUT2D eigenvalue weighted by atomic mass is 32.2. The van der Waals surface area contributed by atoms with Crippen LogP contribution in [-0.2, 0) is 32.6 Å². The molecule has 0 fully saturated rings. The maximum absolute atomic E-state index is 14.3. The fraction of sp³-hybridized carbons (Fsp3) is 0.235. The summed E-state index contributed by atoms with van der Waals surface area (Å²) in [6.07, 6.45) is 0.908. The Balaban J connectivity index is 1.78. The van der Waals surface area contributed by atoms with Gasteiger partial charge in [0.2, 0.25) is 11.8 Å². The number of halogens is 1. The van der Waals surface area contributed by atoms with Crippen LogP contribution in [0.1, 0.15) is 30.0 Å². The van der Waals surface area contributed by atoms with Gasteiger partial charge in [-0.3, -0.25) is 13.9 Å². The molecule has 7 nitrogen and oxygen atoms in total. The summed E-state index contributed by atoms with van der Waals surface area (Å²) in [4.78, 5) is 29.4. The van der Waals surface area contributed by atoms with Crippen LogP contribution in [0, 0.1) is 12.7 Å². The van der Waals surface area contributed by atoms with E-state index in [0.717, 1.165) is 15.4 Å². The van der Waals surface area contributed by atoms with Gasteiger partial charge in [-0.05, 0) is 60.9 Å². The minimum Gasteiger partial charge on any atom is -0.354 e. The highest BCUT2D eigenvalue weighted by Crippen LogP contribution is 2.25. The summed E-state index contributed by atoms with van der Waals surface area (Å²) in [5, 5.41) is 2.91. The zero-order valence-corrected chi connectivity index (χ0v) is 25.1. The Kier molecular flexibility index (Phi) is 10.7. The summed E-state index contributed by atoms with van der Waals surface area (Å²) in [7, 11) is -4.16. The van der Waals surface area contributed by atoms with Gasteiger partial charge < -0.3 is 10.2 Å². The first kappa shape index (κ1) is 31.4. The van der Waals surface area contributed by atoms with Crippen molar-refractivity contribution in [2.75, 3.05) is 17.4 Å². The number of amides is 2. The van der Waals surface area contributed by atoms with Crippen molar-refractivity contribution < 1.29 is 22.4 Å². The summed E-state index contributed by atoms with van der Waals surface area (Å²) in [6.45, 7) is 3.66. The average Bonchev–Trinajstić information content (AvgIpc) is 3.02. The van der Waals surface area contributed by atoms with Crippen molar-refractivity contribution in [3.05, 3.63) is 132 Å². The van der Waals surface area contributed by atoms with Crippen molar-refractivity contribution in [2.24, 2.45) is 0 Å². The molecule has 4 rings (SSSR count). The number of carbonyl (C=O) groups is 2. The van der Waals surface area contributed by atoms with Gasteiger partial charge in [0.15, 0.2) is 0 Å². The van der Waals surface area contributed by atoms with Gasteiger partial charge in [-0.2, -0.15) is 0 Å². The molecule has 0 saturated heterocycles. The molecule has 4 aromatic rings. The van der Waals surface area contributed by atoms with E-state index in [1.54, 1.807) is 54.6 Å². The van der Waals surface area contributed by atoms with Crippen LogP contribution in [0.2, 0.25) is 0 Å². The summed E-state index contributed by atoms with van der Waals surface area (Å²) >= 11 is 0. The van der Waals surface area contributed by atoms with Crippen molar-refractivity contribution in [3.8, 4) is 0 Å². The molecule has 0 unspecified atom stereocenters. The Morgan fingerprint density at radius 1 is 0.814 bits per heavy atom. The van der Waals surface area contributed by atoms with Crippen LogP contribution in [0.5, 0.6) is 0 Å². The lowest BCUT2D eigenvalue weighted by atomic mass is 10.0.